The van der Waals surface area contributed by atoms with Gasteiger partial charge in [-0.25, -0.2) is 0 Å². The number of rotatable bonds is 15. The van der Waals surface area contributed by atoms with Gasteiger partial charge in [-0.2, -0.15) is 0 Å². The fraction of sp³-hybridized carbons (Fsp3) is 0.953. The Balaban J connectivity index is 0.804. The summed E-state index contributed by atoms with van der Waals surface area (Å²) in [6.45, 7) is 11.0. The predicted molar refractivity (Wildman–Crippen MR) is 319 cm³/mol. The second-order valence-electron chi connectivity index (χ2n) is 31.2. The van der Waals surface area contributed by atoms with Crippen LogP contribution in [0.15, 0.2) is 11.6 Å². The van der Waals surface area contributed by atoms with Crippen molar-refractivity contribution in [1.82, 2.24) is 0 Å². The Morgan fingerprint density at radius 3 is 1.66 bits per heavy atom. The van der Waals surface area contributed by atoms with Crippen LogP contribution < -0.4 is 0 Å². The molecule has 0 spiro atoms. The van der Waals surface area contributed by atoms with Crippen LogP contribution in [0.4, 0.5) is 0 Å². The van der Waals surface area contributed by atoms with E-state index < -0.39 is 286 Å². The first-order valence-electron chi connectivity index (χ1n) is 33.8. The Kier molecular flexibility index (Phi) is 22.1. The van der Waals surface area contributed by atoms with Crippen molar-refractivity contribution in [3.05, 3.63) is 11.6 Å². The van der Waals surface area contributed by atoms with Crippen LogP contribution in [0.3, 0.4) is 0 Å². The molecule has 0 aromatic rings. The van der Waals surface area contributed by atoms with Crippen molar-refractivity contribution < 1.29 is 164 Å². The molecule has 6 heterocycles. The third-order valence-corrected chi connectivity index (χ3v) is 24.8. The Morgan fingerprint density at radius 1 is 0.485 bits per heavy atom. The molecule has 33 nitrogen and oxygen atoms in total. The van der Waals surface area contributed by atoms with E-state index in [1.165, 1.54) is 13.8 Å². The molecule has 5 aliphatic carbocycles. The molecule has 20 N–H and O–H groups in total. The number of aliphatic hydroxyl groups is 20. The molecule has 0 bridgehead atoms. The van der Waals surface area contributed by atoms with Crippen molar-refractivity contribution in [3.8, 4) is 0 Å². The summed E-state index contributed by atoms with van der Waals surface area (Å²) in [5, 5.41) is 224. The first kappa shape index (κ1) is 76.1. The Hall–Kier alpha value is -2.03. The molecule has 40 atom stereocenters. The largest absolute Gasteiger partial charge is 0.432 e. The number of carbonyl (C=O) groups is 1. The van der Waals surface area contributed by atoms with Gasteiger partial charge in [-0.05, 0) is 92.3 Å². The molecule has 11 aliphatic rings. The normalized spacial score (nSPS) is 56.2. The van der Waals surface area contributed by atoms with Crippen molar-refractivity contribution in [2.45, 2.75) is 297 Å². The second-order valence-corrected chi connectivity index (χ2v) is 31.2. The number of esters is 1. The molecular weight excluding hydrogens is 1300 g/mol. The Morgan fingerprint density at radius 2 is 1.02 bits per heavy atom. The Bertz CT molecular complexity index is 2750. The van der Waals surface area contributed by atoms with Crippen molar-refractivity contribution in [3.63, 3.8) is 0 Å². The number of hydrogen-bond donors (Lipinski definition) is 20. The van der Waals surface area contributed by atoms with E-state index in [-0.39, 0.29) is 25.7 Å². The van der Waals surface area contributed by atoms with Crippen molar-refractivity contribution in [2.24, 2.45) is 50.2 Å². The molecule has 6 saturated heterocycles. The van der Waals surface area contributed by atoms with E-state index >= 15 is 4.79 Å². The minimum atomic E-state index is -2.03. The first-order valence-corrected chi connectivity index (χ1v) is 33.8. The van der Waals surface area contributed by atoms with E-state index in [0.29, 0.717) is 19.3 Å². The molecule has 0 amide bonds. The lowest BCUT2D eigenvalue weighted by atomic mass is 9.32. The van der Waals surface area contributed by atoms with Gasteiger partial charge >= 0.3 is 5.97 Å². The monoisotopic (exact) mass is 1400 g/mol. The molecule has 33 heteroatoms. The summed E-state index contributed by atoms with van der Waals surface area (Å²) in [4.78, 5) is 15.6. The highest BCUT2D eigenvalue weighted by molar-refractivity contribution is 5.80. The molecular formula is C64H104O33. The lowest BCUT2D eigenvalue weighted by Gasteiger charge is -2.73. The summed E-state index contributed by atoms with van der Waals surface area (Å²) in [5.41, 5.74) is -5.76. The highest BCUT2D eigenvalue weighted by atomic mass is 16.8. The summed E-state index contributed by atoms with van der Waals surface area (Å²) in [5.74, 6) is -2.91. The van der Waals surface area contributed by atoms with Gasteiger partial charge in [0.05, 0.1) is 69.7 Å². The maximum absolute atomic E-state index is 15.6. The van der Waals surface area contributed by atoms with Crippen molar-refractivity contribution in [2.75, 3.05) is 33.0 Å². The highest BCUT2D eigenvalue weighted by Crippen LogP contribution is 2.76. The lowest BCUT2D eigenvalue weighted by molar-refractivity contribution is -0.377. The van der Waals surface area contributed by atoms with Crippen molar-refractivity contribution in [1.29, 1.82) is 0 Å². The zero-order chi connectivity index (χ0) is 71.0. The number of ether oxygens (including phenoxy) is 12. The van der Waals surface area contributed by atoms with Gasteiger partial charge in [0.1, 0.15) is 121 Å². The molecule has 4 saturated carbocycles. The van der Waals surface area contributed by atoms with Crippen LogP contribution in [0.5, 0.6) is 0 Å². The SMILES string of the molecule is CC1OC(OC2C(O)COC(OC3C(C)OC(OC4C(OC(=O)C56CCC(C)(C)CC5C5=CCC7C8(C)CC(O)C(OC9OC(CO)C(O)C(OC%10OC(CO)C(O)C(O)C%10O)C9O)C(C)(CO)C8C(O)CC7(C)C5(C)CC6O)OCC(O)C4O)C(O)C3O)C2O)C(O)C(O)C1O. The first-order chi connectivity index (χ1) is 45.4. The van der Waals surface area contributed by atoms with E-state index in [4.69, 9.17) is 56.8 Å². The molecule has 0 aromatic carbocycles. The quantitative estimate of drug-likeness (QED) is 0.0411. The van der Waals surface area contributed by atoms with Crippen LogP contribution in [-0.2, 0) is 61.6 Å². The van der Waals surface area contributed by atoms with Crippen LogP contribution in [0, 0.1) is 50.2 Å². The van der Waals surface area contributed by atoms with E-state index in [9.17, 15) is 102 Å². The van der Waals surface area contributed by atoms with Gasteiger partial charge in [-0.3, -0.25) is 4.79 Å². The van der Waals surface area contributed by atoms with E-state index in [0.717, 1.165) is 5.57 Å². The summed E-state index contributed by atoms with van der Waals surface area (Å²) in [7, 11) is 0. The molecule has 97 heavy (non-hydrogen) atoms. The number of fused-ring (bicyclic) bond motifs is 7. The fourth-order valence-electron chi connectivity index (χ4n) is 19.2. The fourth-order valence-corrected chi connectivity index (χ4v) is 19.2. The third-order valence-electron chi connectivity index (χ3n) is 24.8. The van der Waals surface area contributed by atoms with Crippen LogP contribution in [0.25, 0.3) is 0 Å². The van der Waals surface area contributed by atoms with Gasteiger partial charge in [0.15, 0.2) is 37.6 Å². The van der Waals surface area contributed by atoms with E-state index in [2.05, 4.69) is 6.08 Å². The predicted octanol–water partition coefficient (Wildman–Crippen LogP) is -7.17. The van der Waals surface area contributed by atoms with Crippen LogP contribution in [0.2, 0.25) is 0 Å². The average molecular weight is 1400 g/mol. The zero-order valence-corrected chi connectivity index (χ0v) is 55.5. The van der Waals surface area contributed by atoms with Gasteiger partial charge < -0.3 is 159 Å². The molecule has 11 rings (SSSR count). The molecule has 40 unspecified atom stereocenters. The van der Waals surface area contributed by atoms with Gasteiger partial charge in [-0.15, -0.1) is 0 Å². The maximum Gasteiger partial charge on any atom is 0.317 e. The smallest absolute Gasteiger partial charge is 0.317 e. The highest BCUT2D eigenvalue weighted by Gasteiger charge is 2.75. The Labute approximate surface area is 559 Å². The number of aliphatic hydroxyl groups excluding tert-OH is 20. The maximum atomic E-state index is 15.6. The number of hydrogen-bond acceptors (Lipinski definition) is 33. The molecule has 0 aromatic heterocycles. The molecule has 6 aliphatic heterocycles. The average Bonchev–Trinajstić information content (AvgIpc) is 0.666. The van der Waals surface area contributed by atoms with E-state index in [1.807, 2.05) is 34.6 Å². The third kappa shape index (κ3) is 12.7. The standard InChI is InChI=1S/C64H104O33/c1-22-34(73)38(77)41(80)53(88-22)93-47-29(71)20-86-52(44(47)83)92-46-23(2)89-54(43(82)40(46)79)95-49-35(74)28(70)19-87-57(49)97-58(85)64-12-11-59(3,4)13-25(64)24-9-10-32-60(5)14-27(69)51(61(6,21-67)50(60)26(68)15-63(32,8)62(24,7)16-33(64)72)96-56-45(84)48(37(76)31(18-66)91-56)94-55-42(81)39(78)36(75)30(17-65)90-55/h9,22-23,25-57,65-84H,10-21H2,1-8H3. The summed E-state index contributed by atoms with van der Waals surface area (Å²) in [6, 6.07) is 0. The topological polar surface area (TPSA) is 532 Å². The van der Waals surface area contributed by atoms with Gasteiger partial charge in [0.25, 0.3) is 0 Å². The van der Waals surface area contributed by atoms with Gasteiger partial charge in [0, 0.05) is 11.3 Å². The van der Waals surface area contributed by atoms with E-state index in [1.54, 1.807) is 6.92 Å². The van der Waals surface area contributed by atoms with Gasteiger partial charge in [-0.1, -0.05) is 53.2 Å². The number of carbonyl (C=O) groups excluding carboxylic acids is 1. The minimum absolute atomic E-state index is 0.0460. The molecule has 10 fully saturated rings. The second kappa shape index (κ2) is 28.1. The molecule has 558 valence electrons. The number of allylic oxidation sites excluding steroid dienone is 2. The minimum Gasteiger partial charge on any atom is -0.432 e. The summed E-state index contributed by atoms with van der Waals surface area (Å²) >= 11 is 0. The molecule has 0 radical (unpaired) electrons. The summed E-state index contributed by atoms with van der Waals surface area (Å²) in [6.07, 6.45) is -50.1. The van der Waals surface area contributed by atoms with Crippen LogP contribution in [-0.4, -0.2) is 338 Å². The van der Waals surface area contributed by atoms with Crippen LogP contribution >= 0.6 is 0 Å². The summed E-state index contributed by atoms with van der Waals surface area (Å²) < 4.78 is 70.6. The zero-order valence-electron chi connectivity index (χ0n) is 55.5. The van der Waals surface area contributed by atoms with Crippen molar-refractivity contribution >= 4 is 5.97 Å². The van der Waals surface area contributed by atoms with Gasteiger partial charge in [0.2, 0.25) is 6.29 Å². The van der Waals surface area contributed by atoms with Crippen LogP contribution in [0.1, 0.15) is 100 Å². The lowest BCUT2D eigenvalue weighted by Crippen LogP contribution is -2.73.